The molecule has 0 unspecified atom stereocenters. The summed E-state index contributed by atoms with van der Waals surface area (Å²) in [5.41, 5.74) is 0.862. The Labute approximate surface area is 119 Å². The van der Waals surface area contributed by atoms with Gasteiger partial charge in [0.15, 0.2) is 0 Å². The van der Waals surface area contributed by atoms with Gasteiger partial charge in [0.05, 0.1) is 12.8 Å². The number of methoxy groups -OCH3 is 1. The van der Waals surface area contributed by atoms with E-state index in [1.165, 1.54) is 7.11 Å². The highest BCUT2D eigenvalue weighted by molar-refractivity contribution is 9.10. The van der Waals surface area contributed by atoms with Crippen LogP contribution in [-0.2, 0) is 9.53 Å². The molecule has 0 heterocycles. The van der Waals surface area contributed by atoms with Gasteiger partial charge in [0, 0.05) is 4.47 Å². The lowest BCUT2D eigenvalue weighted by atomic mass is 10.2. The van der Waals surface area contributed by atoms with Gasteiger partial charge in [0.1, 0.15) is 5.54 Å². The molecule has 102 valence electrons. The average molecular weight is 327 g/mol. The molecule has 0 aliphatic heterocycles. The number of halogens is 1. The number of amides is 2. The Kier molecular flexibility index (Phi) is 3.80. The molecule has 2 N–H and O–H groups in total. The van der Waals surface area contributed by atoms with Crippen LogP contribution in [0.5, 0.6) is 0 Å². The second-order valence-electron chi connectivity index (χ2n) is 4.64. The first-order valence-corrected chi connectivity index (χ1v) is 6.70. The van der Waals surface area contributed by atoms with E-state index in [1.54, 1.807) is 0 Å². The molecule has 0 aromatic heterocycles. The lowest BCUT2D eigenvalue weighted by Gasteiger charge is -2.16. The highest BCUT2D eigenvalue weighted by Gasteiger charge is 2.52. The van der Waals surface area contributed by atoms with Gasteiger partial charge in [-0.2, -0.15) is 0 Å². The van der Waals surface area contributed by atoms with Crippen LogP contribution in [0.15, 0.2) is 22.7 Å². The van der Waals surface area contributed by atoms with Crippen molar-refractivity contribution in [3.63, 3.8) is 0 Å². The first kappa shape index (κ1) is 13.9. The fourth-order valence-electron chi connectivity index (χ4n) is 1.81. The maximum absolute atomic E-state index is 11.9. The van der Waals surface area contributed by atoms with Gasteiger partial charge in [-0.3, -0.25) is 0 Å². The van der Waals surface area contributed by atoms with Crippen LogP contribution in [0.3, 0.4) is 0 Å². The first-order valence-electron chi connectivity index (χ1n) is 5.90. The summed E-state index contributed by atoms with van der Waals surface area (Å²) < 4.78 is 5.47. The van der Waals surface area contributed by atoms with E-state index in [4.69, 9.17) is 0 Å². The second-order valence-corrected chi connectivity index (χ2v) is 5.49. The number of ether oxygens (including phenoxy) is 1. The van der Waals surface area contributed by atoms with E-state index in [0.29, 0.717) is 18.5 Å². The molecule has 1 saturated carbocycles. The zero-order valence-corrected chi connectivity index (χ0v) is 12.3. The number of urea groups is 1. The van der Waals surface area contributed by atoms with Crippen LogP contribution in [0.2, 0.25) is 0 Å². The summed E-state index contributed by atoms with van der Waals surface area (Å²) in [5, 5.41) is 5.39. The SMILES string of the molecule is COC(=O)C1(NC(=O)Nc2cc(C)ccc2Br)CC1. The standard InChI is InChI=1S/C13H15BrN2O3/c1-8-3-4-9(14)10(7-8)15-12(18)16-13(5-6-13)11(17)19-2/h3-4,7H,5-6H2,1-2H3,(H2,15,16,18). The van der Waals surface area contributed by atoms with Crippen LogP contribution in [-0.4, -0.2) is 24.6 Å². The zero-order chi connectivity index (χ0) is 14.0. The van der Waals surface area contributed by atoms with Crippen molar-refractivity contribution < 1.29 is 14.3 Å². The normalized spacial score (nSPS) is 15.5. The Bertz CT molecular complexity index is 527. The van der Waals surface area contributed by atoms with Gasteiger partial charge in [-0.1, -0.05) is 6.07 Å². The molecular formula is C13H15BrN2O3. The monoisotopic (exact) mass is 326 g/mol. The predicted molar refractivity (Wildman–Crippen MR) is 75.0 cm³/mol. The minimum absolute atomic E-state index is 0.397. The summed E-state index contributed by atoms with van der Waals surface area (Å²) in [7, 11) is 1.32. The molecule has 0 bridgehead atoms. The van der Waals surface area contributed by atoms with E-state index in [0.717, 1.165) is 10.0 Å². The van der Waals surface area contributed by atoms with Crippen molar-refractivity contribution in [1.82, 2.24) is 5.32 Å². The molecule has 1 fully saturated rings. The van der Waals surface area contributed by atoms with Gasteiger partial charge in [-0.05, 0) is 53.4 Å². The average Bonchev–Trinajstić information content (AvgIpc) is 3.13. The van der Waals surface area contributed by atoms with Crippen LogP contribution < -0.4 is 10.6 Å². The van der Waals surface area contributed by atoms with Crippen molar-refractivity contribution in [1.29, 1.82) is 0 Å². The van der Waals surface area contributed by atoms with E-state index in [-0.39, 0.29) is 0 Å². The summed E-state index contributed by atoms with van der Waals surface area (Å²) in [5.74, 6) is -0.397. The van der Waals surface area contributed by atoms with Gasteiger partial charge in [0.25, 0.3) is 0 Å². The molecule has 1 aliphatic carbocycles. The number of nitrogens with one attached hydrogen (secondary N) is 2. The van der Waals surface area contributed by atoms with Crippen molar-refractivity contribution in [2.24, 2.45) is 0 Å². The largest absolute Gasteiger partial charge is 0.467 e. The van der Waals surface area contributed by atoms with E-state index < -0.39 is 17.5 Å². The Morgan fingerprint density at radius 1 is 1.37 bits per heavy atom. The molecule has 2 rings (SSSR count). The number of benzene rings is 1. The lowest BCUT2D eigenvalue weighted by molar-refractivity contribution is -0.144. The van der Waals surface area contributed by atoms with E-state index in [9.17, 15) is 9.59 Å². The predicted octanol–water partition coefficient (Wildman–Crippen LogP) is 2.58. The maximum atomic E-state index is 11.9. The minimum Gasteiger partial charge on any atom is -0.467 e. The Balaban J connectivity index is 2.02. The highest BCUT2D eigenvalue weighted by Crippen LogP contribution is 2.36. The molecule has 6 heteroatoms. The Morgan fingerprint density at radius 2 is 2.05 bits per heavy atom. The summed E-state index contributed by atoms with van der Waals surface area (Å²) in [4.78, 5) is 23.4. The molecule has 1 aromatic rings. The van der Waals surface area contributed by atoms with Crippen LogP contribution in [0.1, 0.15) is 18.4 Å². The van der Waals surface area contributed by atoms with Crippen molar-refractivity contribution in [2.45, 2.75) is 25.3 Å². The third kappa shape index (κ3) is 3.07. The van der Waals surface area contributed by atoms with Crippen LogP contribution in [0.25, 0.3) is 0 Å². The van der Waals surface area contributed by atoms with Gasteiger partial charge in [0.2, 0.25) is 0 Å². The third-order valence-corrected chi connectivity index (χ3v) is 3.74. The number of rotatable bonds is 3. The molecule has 0 radical (unpaired) electrons. The van der Waals surface area contributed by atoms with Gasteiger partial charge < -0.3 is 15.4 Å². The number of carbonyl (C=O) groups excluding carboxylic acids is 2. The van der Waals surface area contributed by atoms with Crippen molar-refractivity contribution >= 4 is 33.6 Å². The topological polar surface area (TPSA) is 67.4 Å². The fraction of sp³-hybridized carbons (Fsp3) is 0.385. The van der Waals surface area contributed by atoms with Crippen molar-refractivity contribution in [3.05, 3.63) is 28.2 Å². The fourth-order valence-corrected chi connectivity index (χ4v) is 2.15. The quantitative estimate of drug-likeness (QED) is 0.839. The highest BCUT2D eigenvalue weighted by atomic mass is 79.9. The number of anilines is 1. The second kappa shape index (κ2) is 5.21. The van der Waals surface area contributed by atoms with Gasteiger partial charge >= 0.3 is 12.0 Å². The molecule has 1 aromatic carbocycles. The van der Waals surface area contributed by atoms with Gasteiger partial charge in [-0.15, -0.1) is 0 Å². The molecule has 2 amide bonds. The molecule has 19 heavy (non-hydrogen) atoms. The van der Waals surface area contributed by atoms with Crippen LogP contribution in [0, 0.1) is 6.92 Å². The van der Waals surface area contributed by atoms with E-state index >= 15 is 0 Å². The van der Waals surface area contributed by atoms with Crippen molar-refractivity contribution in [3.8, 4) is 0 Å². The van der Waals surface area contributed by atoms with E-state index in [2.05, 4.69) is 31.3 Å². The number of aryl methyl sites for hydroxylation is 1. The van der Waals surface area contributed by atoms with Crippen LogP contribution >= 0.6 is 15.9 Å². The molecule has 5 nitrogen and oxygen atoms in total. The summed E-state index contributed by atoms with van der Waals surface area (Å²) in [6.07, 6.45) is 1.23. The molecule has 1 aliphatic rings. The molecule has 0 saturated heterocycles. The summed E-state index contributed by atoms with van der Waals surface area (Å²) in [6, 6.07) is 5.23. The van der Waals surface area contributed by atoms with Gasteiger partial charge in [-0.25, -0.2) is 9.59 Å². The summed E-state index contributed by atoms with van der Waals surface area (Å²) >= 11 is 3.36. The summed E-state index contributed by atoms with van der Waals surface area (Å²) in [6.45, 7) is 1.94. The lowest BCUT2D eigenvalue weighted by Crippen LogP contribution is -2.45. The van der Waals surface area contributed by atoms with Crippen LogP contribution in [0.4, 0.5) is 10.5 Å². The first-order chi connectivity index (χ1) is 8.97. The number of hydrogen-bond acceptors (Lipinski definition) is 3. The zero-order valence-electron chi connectivity index (χ0n) is 10.7. The number of esters is 1. The van der Waals surface area contributed by atoms with E-state index in [1.807, 2.05) is 25.1 Å². The smallest absolute Gasteiger partial charge is 0.331 e. The minimum atomic E-state index is -0.838. The molecular weight excluding hydrogens is 312 g/mol. The number of carbonyl (C=O) groups is 2. The third-order valence-electron chi connectivity index (χ3n) is 3.05. The van der Waals surface area contributed by atoms with Crippen molar-refractivity contribution in [2.75, 3.05) is 12.4 Å². The Morgan fingerprint density at radius 3 is 2.63 bits per heavy atom. The Hall–Kier alpha value is -1.56. The molecule has 0 spiro atoms. The maximum Gasteiger partial charge on any atom is 0.331 e. The molecule has 0 atom stereocenters. The number of hydrogen-bond donors (Lipinski definition) is 2.